The Labute approximate surface area is 185 Å². The Morgan fingerprint density at radius 1 is 1.00 bits per heavy atom. The second kappa shape index (κ2) is 10.8. The normalized spacial score (nSPS) is 14.9. The van der Waals surface area contributed by atoms with Crippen molar-refractivity contribution in [2.24, 2.45) is 4.99 Å². The van der Waals surface area contributed by atoms with Gasteiger partial charge >= 0.3 is 0 Å². The van der Waals surface area contributed by atoms with E-state index in [2.05, 4.69) is 51.7 Å². The lowest BCUT2D eigenvalue weighted by Crippen LogP contribution is -2.38. The lowest BCUT2D eigenvalue weighted by Gasteiger charge is -2.22. The maximum Gasteiger partial charge on any atom is 0.191 e. The molecule has 168 valence electrons. The molecule has 3 rings (SSSR count). The lowest BCUT2D eigenvalue weighted by atomic mass is 10.1. The molecule has 2 aromatic carbocycles. The van der Waals surface area contributed by atoms with E-state index in [0.717, 1.165) is 30.4 Å². The van der Waals surface area contributed by atoms with Crippen LogP contribution in [0, 0.1) is 0 Å². The molecule has 2 N–H and O–H groups in total. The van der Waals surface area contributed by atoms with Gasteiger partial charge in [0.15, 0.2) is 17.5 Å². The number of anilines is 1. The van der Waals surface area contributed by atoms with Crippen molar-refractivity contribution < 1.29 is 14.2 Å². The maximum atomic E-state index is 5.53. The van der Waals surface area contributed by atoms with Gasteiger partial charge in [-0.05, 0) is 43.5 Å². The van der Waals surface area contributed by atoms with Gasteiger partial charge in [-0.3, -0.25) is 4.99 Å². The number of aliphatic imine (C=N–C) groups is 1. The predicted molar refractivity (Wildman–Crippen MR) is 126 cm³/mol. The largest absolute Gasteiger partial charge is 0.496 e. The molecular weight excluding hydrogens is 392 g/mol. The minimum atomic E-state index is 0.112. The van der Waals surface area contributed by atoms with E-state index in [9.17, 15) is 0 Å². The van der Waals surface area contributed by atoms with Gasteiger partial charge in [0.05, 0.1) is 27.4 Å². The third-order valence-corrected chi connectivity index (χ3v) is 5.65. The molecule has 0 saturated carbocycles. The van der Waals surface area contributed by atoms with E-state index >= 15 is 0 Å². The molecule has 0 bridgehead atoms. The molecular formula is C24H34N4O3. The first-order chi connectivity index (χ1) is 15.1. The summed E-state index contributed by atoms with van der Waals surface area (Å²) >= 11 is 0. The van der Waals surface area contributed by atoms with Gasteiger partial charge in [0.25, 0.3) is 0 Å². The maximum absolute atomic E-state index is 5.53. The topological polar surface area (TPSA) is 67.4 Å². The number of hydrogen-bond donors (Lipinski definition) is 2. The van der Waals surface area contributed by atoms with E-state index in [1.54, 1.807) is 28.4 Å². The third kappa shape index (κ3) is 5.54. The molecule has 1 unspecified atom stereocenters. The number of methoxy groups -OCH3 is 3. The fourth-order valence-corrected chi connectivity index (χ4v) is 3.86. The van der Waals surface area contributed by atoms with Gasteiger partial charge in [-0.25, -0.2) is 0 Å². The quantitative estimate of drug-likeness (QED) is 0.495. The van der Waals surface area contributed by atoms with Crippen LogP contribution >= 0.6 is 0 Å². The van der Waals surface area contributed by atoms with E-state index in [-0.39, 0.29) is 6.04 Å². The number of rotatable bonds is 8. The predicted octanol–water partition coefficient (Wildman–Crippen LogP) is 3.74. The van der Waals surface area contributed by atoms with E-state index in [1.807, 2.05) is 12.1 Å². The van der Waals surface area contributed by atoms with Crippen molar-refractivity contribution >= 4 is 11.6 Å². The minimum Gasteiger partial charge on any atom is -0.496 e. The average Bonchev–Trinajstić information content (AvgIpc) is 3.36. The van der Waals surface area contributed by atoms with Crippen molar-refractivity contribution in [3.63, 3.8) is 0 Å². The summed E-state index contributed by atoms with van der Waals surface area (Å²) in [5.41, 5.74) is 3.48. The first kappa shape index (κ1) is 22.6. The zero-order valence-corrected chi connectivity index (χ0v) is 19.2. The van der Waals surface area contributed by atoms with E-state index < -0.39 is 0 Å². The van der Waals surface area contributed by atoms with Crippen molar-refractivity contribution in [3.8, 4) is 17.2 Å². The number of hydrogen-bond acceptors (Lipinski definition) is 5. The highest BCUT2D eigenvalue weighted by atomic mass is 16.5. The van der Waals surface area contributed by atoms with Crippen LogP contribution in [0.5, 0.6) is 17.2 Å². The highest BCUT2D eigenvalue weighted by Crippen LogP contribution is 2.34. The van der Waals surface area contributed by atoms with Crippen molar-refractivity contribution in [1.29, 1.82) is 0 Å². The summed E-state index contributed by atoms with van der Waals surface area (Å²) in [5, 5.41) is 6.85. The summed E-state index contributed by atoms with van der Waals surface area (Å²) in [4.78, 5) is 6.84. The van der Waals surface area contributed by atoms with Crippen LogP contribution in [-0.2, 0) is 6.54 Å². The summed E-state index contributed by atoms with van der Waals surface area (Å²) in [6.07, 6.45) is 2.54. The number of nitrogens with one attached hydrogen (secondary N) is 2. The lowest BCUT2D eigenvalue weighted by molar-refractivity contribution is 0.347. The molecule has 1 aliphatic rings. The van der Waals surface area contributed by atoms with Crippen molar-refractivity contribution in [2.75, 3.05) is 46.4 Å². The second-order valence-corrected chi connectivity index (χ2v) is 7.60. The van der Waals surface area contributed by atoms with Gasteiger partial charge in [-0.2, -0.15) is 0 Å². The number of ether oxygens (including phenoxy) is 3. The van der Waals surface area contributed by atoms with Gasteiger partial charge in [0.2, 0.25) is 0 Å². The van der Waals surface area contributed by atoms with E-state index in [1.165, 1.54) is 24.1 Å². The number of guanidine groups is 1. The van der Waals surface area contributed by atoms with Crippen molar-refractivity contribution in [3.05, 3.63) is 47.5 Å². The average molecular weight is 427 g/mol. The Hall–Kier alpha value is -3.09. The molecule has 0 aliphatic carbocycles. The Bertz CT molecular complexity index is 894. The van der Waals surface area contributed by atoms with Gasteiger partial charge < -0.3 is 29.7 Å². The summed E-state index contributed by atoms with van der Waals surface area (Å²) in [6.45, 7) is 4.96. The molecule has 1 fully saturated rings. The van der Waals surface area contributed by atoms with Gasteiger partial charge in [0.1, 0.15) is 5.75 Å². The smallest absolute Gasteiger partial charge is 0.191 e. The molecule has 1 aliphatic heterocycles. The van der Waals surface area contributed by atoms with E-state index in [4.69, 9.17) is 14.2 Å². The first-order valence-electron chi connectivity index (χ1n) is 10.7. The molecule has 31 heavy (non-hydrogen) atoms. The van der Waals surface area contributed by atoms with Crippen LogP contribution in [0.2, 0.25) is 0 Å². The highest BCUT2D eigenvalue weighted by molar-refractivity contribution is 5.80. The van der Waals surface area contributed by atoms with Gasteiger partial charge in [0, 0.05) is 44.0 Å². The molecule has 0 spiro atoms. The molecule has 7 heteroatoms. The molecule has 0 aromatic heterocycles. The Kier molecular flexibility index (Phi) is 7.87. The molecule has 0 radical (unpaired) electrons. The zero-order valence-electron chi connectivity index (χ0n) is 19.2. The van der Waals surface area contributed by atoms with Gasteiger partial charge in [-0.1, -0.05) is 12.1 Å². The standard InChI is InChI=1S/C24H34N4O3/c1-17(18-9-8-10-20(13-18)28-11-6-7-12-28)27-24(25-2)26-16-19-14-22(30-4)23(31-5)15-21(19)29-3/h8-10,13-15,17H,6-7,11-12,16H2,1-5H3,(H2,25,26,27). The first-order valence-corrected chi connectivity index (χ1v) is 10.7. The fraction of sp³-hybridized carbons (Fsp3) is 0.458. The molecule has 7 nitrogen and oxygen atoms in total. The zero-order chi connectivity index (χ0) is 22.2. The summed E-state index contributed by atoms with van der Waals surface area (Å²) in [6, 6.07) is 12.6. The third-order valence-electron chi connectivity index (χ3n) is 5.65. The monoisotopic (exact) mass is 426 g/mol. The van der Waals surface area contributed by atoms with Crippen LogP contribution in [0.1, 0.15) is 36.9 Å². The summed E-state index contributed by atoms with van der Waals surface area (Å²) in [7, 11) is 6.66. The van der Waals surface area contributed by atoms with Gasteiger partial charge in [-0.15, -0.1) is 0 Å². The Morgan fingerprint density at radius 3 is 2.32 bits per heavy atom. The molecule has 1 heterocycles. The number of benzene rings is 2. The Morgan fingerprint density at radius 2 is 1.68 bits per heavy atom. The van der Waals surface area contributed by atoms with Crippen LogP contribution < -0.4 is 29.7 Å². The summed E-state index contributed by atoms with van der Waals surface area (Å²) in [5.74, 6) is 2.75. The molecule has 1 saturated heterocycles. The fourth-order valence-electron chi connectivity index (χ4n) is 3.86. The van der Waals surface area contributed by atoms with Crippen LogP contribution in [-0.4, -0.2) is 47.4 Å². The van der Waals surface area contributed by atoms with Crippen molar-refractivity contribution in [2.45, 2.75) is 32.4 Å². The van der Waals surface area contributed by atoms with E-state index in [0.29, 0.717) is 18.0 Å². The molecule has 1 atom stereocenters. The van der Waals surface area contributed by atoms with Crippen LogP contribution in [0.3, 0.4) is 0 Å². The number of nitrogens with zero attached hydrogens (tertiary/aromatic N) is 2. The summed E-state index contributed by atoms with van der Waals surface area (Å²) < 4.78 is 16.3. The highest BCUT2D eigenvalue weighted by Gasteiger charge is 2.16. The van der Waals surface area contributed by atoms with Crippen LogP contribution in [0.4, 0.5) is 5.69 Å². The SMILES string of the molecule is CN=C(NCc1cc(OC)c(OC)cc1OC)NC(C)c1cccc(N2CCCC2)c1. The van der Waals surface area contributed by atoms with Crippen molar-refractivity contribution in [1.82, 2.24) is 10.6 Å². The van der Waals surface area contributed by atoms with Crippen LogP contribution in [0.15, 0.2) is 41.4 Å². The molecule has 0 amide bonds. The van der Waals surface area contributed by atoms with Crippen LogP contribution in [0.25, 0.3) is 0 Å². The Balaban J connectivity index is 1.66. The second-order valence-electron chi connectivity index (χ2n) is 7.60. The minimum absolute atomic E-state index is 0.112. The molecule has 2 aromatic rings.